The Kier molecular flexibility index (Phi) is 4.41. The van der Waals surface area contributed by atoms with E-state index in [0.29, 0.717) is 25.0 Å². The van der Waals surface area contributed by atoms with Gasteiger partial charge in [0, 0.05) is 13.7 Å². The molecule has 2 N–H and O–H groups in total. The molecule has 2 aliphatic rings. The second kappa shape index (κ2) is 6.45. The van der Waals surface area contributed by atoms with Gasteiger partial charge in [-0.05, 0) is 23.8 Å². The Bertz CT molecular complexity index is 480. The van der Waals surface area contributed by atoms with Crippen molar-refractivity contribution in [1.82, 2.24) is 10.6 Å². The lowest BCUT2D eigenvalue weighted by Crippen LogP contribution is -2.48. The first-order chi connectivity index (χ1) is 10.3. The number of carbonyl (C=O) groups excluding carboxylic acids is 1. The van der Waals surface area contributed by atoms with Gasteiger partial charge in [0.1, 0.15) is 6.10 Å². The van der Waals surface area contributed by atoms with Crippen LogP contribution in [0.4, 0.5) is 4.79 Å². The highest BCUT2D eigenvalue weighted by atomic mass is 16.5. The molecule has 114 valence electrons. The molecule has 0 bridgehead atoms. The SMILES string of the molecule is CO[C@@H]1COC[C@@H]1NC(=O)NC[C@@H]1C[C@H]1c1ccccc1. The topological polar surface area (TPSA) is 59.6 Å². The lowest BCUT2D eigenvalue weighted by Gasteiger charge is -2.17. The summed E-state index contributed by atoms with van der Waals surface area (Å²) in [6, 6.07) is 10.3. The molecule has 0 unspecified atom stereocenters. The second-order valence-corrected chi connectivity index (χ2v) is 5.79. The van der Waals surface area contributed by atoms with E-state index in [9.17, 15) is 4.79 Å². The van der Waals surface area contributed by atoms with E-state index in [0.717, 1.165) is 13.0 Å². The number of carbonyl (C=O) groups is 1. The minimum absolute atomic E-state index is 0.0475. The Hall–Kier alpha value is -1.59. The van der Waals surface area contributed by atoms with Crippen LogP contribution in [-0.2, 0) is 9.47 Å². The van der Waals surface area contributed by atoms with E-state index in [4.69, 9.17) is 9.47 Å². The zero-order chi connectivity index (χ0) is 14.7. The highest BCUT2D eigenvalue weighted by Crippen LogP contribution is 2.46. The van der Waals surface area contributed by atoms with Crippen LogP contribution in [0.15, 0.2) is 30.3 Å². The number of ether oxygens (including phenoxy) is 2. The summed E-state index contributed by atoms with van der Waals surface area (Å²) in [5.41, 5.74) is 1.37. The van der Waals surface area contributed by atoms with Crippen molar-refractivity contribution < 1.29 is 14.3 Å². The van der Waals surface area contributed by atoms with Crippen molar-refractivity contribution in [2.24, 2.45) is 5.92 Å². The number of hydrogen-bond donors (Lipinski definition) is 2. The molecule has 1 heterocycles. The normalized spacial score (nSPS) is 30.9. The number of hydrogen-bond acceptors (Lipinski definition) is 3. The van der Waals surface area contributed by atoms with Gasteiger partial charge in [-0.2, -0.15) is 0 Å². The number of urea groups is 1. The van der Waals surface area contributed by atoms with Crippen LogP contribution < -0.4 is 10.6 Å². The van der Waals surface area contributed by atoms with Crippen molar-refractivity contribution in [3.05, 3.63) is 35.9 Å². The summed E-state index contributed by atoms with van der Waals surface area (Å²) in [6.45, 7) is 1.78. The molecule has 0 radical (unpaired) electrons. The van der Waals surface area contributed by atoms with E-state index in [1.807, 2.05) is 6.07 Å². The van der Waals surface area contributed by atoms with Crippen LogP contribution in [0.25, 0.3) is 0 Å². The lowest BCUT2D eigenvalue weighted by molar-refractivity contribution is 0.0745. The van der Waals surface area contributed by atoms with E-state index < -0.39 is 0 Å². The van der Waals surface area contributed by atoms with Gasteiger partial charge in [-0.25, -0.2) is 4.79 Å². The van der Waals surface area contributed by atoms with Crippen LogP contribution in [-0.4, -0.2) is 45.0 Å². The summed E-state index contributed by atoms with van der Waals surface area (Å²) in [5, 5.41) is 5.87. The maximum absolute atomic E-state index is 11.9. The predicted octanol–water partition coefficient (Wildman–Crippen LogP) is 1.50. The molecule has 1 aromatic carbocycles. The molecule has 2 fully saturated rings. The van der Waals surface area contributed by atoms with Crippen LogP contribution in [0.2, 0.25) is 0 Å². The van der Waals surface area contributed by atoms with Crippen molar-refractivity contribution in [2.45, 2.75) is 24.5 Å². The van der Waals surface area contributed by atoms with Crippen molar-refractivity contribution in [3.8, 4) is 0 Å². The average Bonchev–Trinajstić information content (AvgIpc) is 3.17. The predicted molar refractivity (Wildman–Crippen MR) is 79.2 cm³/mol. The zero-order valence-corrected chi connectivity index (χ0v) is 12.2. The fraction of sp³-hybridized carbons (Fsp3) is 0.562. The first-order valence-corrected chi connectivity index (χ1v) is 7.47. The van der Waals surface area contributed by atoms with Gasteiger partial charge >= 0.3 is 6.03 Å². The molecule has 1 saturated carbocycles. The van der Waals surface area contributed by atoms with Crippen LogP contribution in [0, 0.1) is 5.92 Å². The Morgan fingerprint density at radius 3 is 2.90 bits per heavy atom. The molecule has 4 atom stereocenters. The maximum atomic E-state index is 11.9. The number of benzene rings is 1. The van der Waals surface area contributed by atoms with E-state index >= 15 is 0 Å². The van der Waals surface area contributed by atoms with E-state index in [2.05, 4.69) is 34.9 Å². The van der Waals surface area contributed by atoms with Crippen molar-refractivity contribution in [2.75, 3.05) is 26.9 Å². The van der Waals surface area contributed by atoms with Gasteiger partial charge in [-0.3, -0.25) is 0 Å². The monoisotopic (exact) mass is 290 g/mol. The summed E-state index contributed by atoms with van der Waals surface area (Å²) < 4.78 is 10.6. The van der Waals surface area contributed by atoms with Gasteiger partial charge in [-0.1, -0.05) is 30.3 Å². The van der Waals surface area contributed by atoms with Gasteiger partial charge in [0.05, 0.1) is 19.3 Å². The number of rotatable bonds is 5. The average molecular weight is 290 g/mol. The number of nitrogens with one attached hydrogen (secondary N) is 2. The minimum atomic E-state index is -0.133. The summed E-state index contributed by atoms with van der Waals surface area (Å²) >= 11 is 0. The Balaban J connectivity index is 1.39. The standard InChI is InChI=1S/C16H22N2O3/c1-20-15-10-21-9-14(15)18-16(19)17-8-12-7-13(12)11-5-3-2-4-6-11/h2-6,12-15H,7-10H2,1H3,(H2,17,18,19)/t12-,13-,14-,15+/m0/s1. The molecule has 1 saturated heterocycles. The Labute approximate surface area is 125 Å². The highest BCUT2D eigenvalue weighted by molar-refractivity contribution is 5.74. The quantitative estimate of drug-likeness (QED) is 0.864. The molecule has 0 aromatic heterocycles. The molecule has 5 nitrogen and oxygen atoms in total. The van der Waals surface area contributed by atoms with Gasteiger partial charge in [0.15, 0.2) is 0 Å². The summed E-state index contributed by atoms with van der Waals surface area (Å²) in [4.78, 5) is 11.9. The first kappa shape index (κ1) is 14.4. The molecule has 2 amide bonds. The van der Waals surface area contributed by atoms with Gasteiger partial charge in [0.2, 0.25) is 0 Å². The third kappa shape index (κ3) is 3.54. The van der Waals surface area contributed by atoms with Crippen LogP contribution in [0.1, 0.15) is 17.9 Å². The third-order valence-electron chi connectivity index (χ3n) is 4.32. The van der Waals surface area contributed by atoms with Crippen molar-refractivity contribution >= 4 is 6.03 Å². The molecule has 1 aliphatic carbocycles. The third-order valence-corrected chi connectivity index (χ3v) is 4.32. The Morgan fingerprint density at radius 1 is 1.33 bits per heavy atom. The van der Waals surface area contributed by atoms with Crippen molar-refractivity contribution in [1.29, 1.82) is 0 Å². The van der Waals surface area contributed by atoms with E-state index in [-0.39, 0.29) is 18.2 Å². The van der Waals surface area contributed by atoms with Crippen LogP contribution >= 0.6 is 0 Å². The second-order valence-electron chi connectivity index (χ2n) is 5.79. The lowest BCUT2D eigenvalue weighted by atomic mass is 10.1. The fourth-order valence-electron chi connectivity index (χ4n) is 2.93. The maximum Gasteiger partial charge on any atom is 0.315 e. The largest absolute Gasteiger partial charge is 0.377 e. The van der Waals surface area contributed by atoms with E-state index in [1.165, 1.54) is 5.56 Å². The highest BCUT2D eigenvalue weighted by Gasteiger charge is 2.38. The smallest absolute Gasteiger partial charge is 0.315 e. The molecule has 0 spiro atoms. The number of amides is 2. The summed E-state index contributed by atoms with van der Waals surface area (Å²) in [5.74, 6) is 1.14. The molecule has 21 heavy (non-hydrogen) atoms. The zero-order valence-electron chi connectivity index (χ0n) is 12.2. The molecule has 1 aliphatic heterocycles. The van der Waals surface area contributed by atoms with Crippen LogP contribution in [0.5, 0.6) is 0 Å². The molecular formula is C16H22N2O3. The van der Waals surface area contributed by atoms with Crippen molar-refractivity contribution in [3.63, 3.8) is 0 Å². The molecular weight excluding hydrogens is 268 g/mol. The minimum Gasteiger partial charge on any atom is -0.377 e. The fourth-order valence-corrected chi connectivity index (χ4v) is 2.93. The summed E-state index contributed by atoms with van der Waals surface area (Å²) in [7, 11) is 1.64. The Morgan fingerprint density at radius 2 is 2.14 bits per heavy atom. The van der Waals surface area contributed by atoms with E-state index in [1.54, 1.807) is 7.11 Å². The van der Waals surface area contributed by atoms with Crippen LogP contribution in [0.3, 0.4) is 0 Å². The number of methoxy groups -OCH3 is 1. The van der Waals surface area contributed by atoms with Gasteiger partial charge in [0.25, 0.3) is 0 Å². The van der Waals surface area contributed by atoms with Gasteiger partial charge in [-0.15, -0.1) is 0 Å². The first-order valence-electron chi connectivity index (χ1n) is 7.47. The summed E-state index contributed by atoms with van der Waals surface area (Å²) in [6.07, 6.45) is 1.10. The molecule has 1 aromatic rings. The van der Waals surface area contributed by atoms with Gasteiger partial charge < -0.3 is 20.1 Å². The molecule has 5 heteroatoms. The molecule has 3 rings (SSSR count).